The summed E-state index contributed by atoms with van der Waals surface area (Å²) in [6.07, 6.45) is 15.8. The van der Waals surface area contributed by atoms with Crippen LogP contribution in [0.5, 0.6) is 0 Å². The van der Waals surface area contributed by atoms with E-state index >= 15 is 0 Å². The summed E-state index contributed by atoms with van der Waals surface area (Å²) in [5.41, 5.74) is 2.90. The van der Waals surface area contributed by atoms with E-state index in [1.54, 1.807) is 5.57 Å². The third-order valence-electron chi connectivity index (χ3n) is 11.1. The van der Waals surface area contributed by atoms with E-state index in [2.05, 4.69) is 60.7 Å². The Bertz CT molecular complexity index is 658. The van der Waals surface area contributed by atoms with Gasteiger partial charge in [-0.2, -0.15) is 0 Å². The van der Waals surface area contributed by atoms with Gasteiger partial charge in [0.1, 0.15) is 0 Å². The molecule has 4 aliphatic rings. The zero-order valence-corrected chi connectivity index (χ0v) is 21.7. The number of allylic oxidation sites excluding steroid dienone is 2. The molecule has 1 unspecified atom stereocenters. The molecule has 0 aliphatic heterocycles. The molecule has 4 rings (SSSR count). The zero-order chi connectivity index (χ0) is 21.2. The van der Waals surface area contributed by atoms with Crippen LogP contribution in [0.3, 0.4) is 0 Å². The van der Waals surface area contributed by atoms with Crippen molar-refractivity contribution in [2.24, 2.45) is 34.5 Å². The van der Waals surface area contributed by atoms with Gasteiger partial charge in [-0.05, 0) is 117 Å². The molecule has 0 heterocycles. The van der Waals surface area contributed by atoms with E-state index in [9.17, 15) is 0 Å². The minimum absolute atomic E-state index is 0.326. The monoisotopic (exact) mass is 416 g/mol. The van der Waals surface area contributed by atoms with Crippen LogP contribution in [0.1, 0.15) is 99.3 Å². The van der Waals surface area contributed by atoms with Crippen molar-refractivity contribution in [1.29, 1.82) is 0 Å². The molecule has 0 spiro atoms. The van der Waals surface area contributed by atoms with Gasteiger partial charge in [0.25, 0.3) is 0 Å². The first kappa shape index (κ1) is 22.1. The summed E-state index contributed by atoms with van der Waals surface area (Å²) in [4.78, 5) is 0. The molecule has 4 aliphatic carbocycles. The molecule has 4 fully saturated rings. The zero-order valence-electron chi connectivity index (χ0n) is 20.7. The van der Waals surface area contributed by atoms with Crippen LogP contribution in [-0.4, -0.2) is 14.4 Å². The molecule has 2 heteroatoms. The Morgan fingerprint density at radius 2 is 1.69 bits per heavy atom. The highest BCUT2D eigenvalue weighted by Crippen LogP contribution is 2.67. The van der Waals surface area contributed by atoms with E-state index < -0.39 is 8.32 Å². The predicted molar refractivity (Wildman–Crippen MR) is 128 cm³/mol. The molecule has 0 amide bonds. The lowest BCUT2D eigenvalue weighted by Gasteiger charge is -2.61. The van der Waals surface area contributed by atoms with Crippen LogP contribution in [0, 0.1) is 34.5 Å². The SMILES string of the molecule is CC=C1CC[C@H]2[C@@H]3CCC4C[C@@H](O[Si](C)(C)C(C)(C)C)CC[C@]4(C)[C@H]3CC[C@]12C. The number of hydrogen-bond donors (Lipinski definition) is 0. The maximum atomic E-state index is 6.92. The molecule has 0 aromatic heterocycles. The van der Waals surface area contributed by atoms with E-state index in [1.165, 1.54) is 57.8 Å². The maximum Gasteiger partial charge on any atom is 0.192 e. The van der Waals surface area contributed by atoms with Gasteiger partial charge in [-0.3, -0.25) is 0 Å². The lowest BCUT2D eigenvalue weighted by Crippen LogP contribution is -2.54. The first-order valence-electron chi connectivity index (χ1n) is 12.8. The Morgan fingerprint density at radius 3 is 2.34 bits per heavy atom. The third kappa shape index (κ3) is 3.43. The second-order valence-electron chi connectivity index (χ2n) is 13.2. The molecule has 4 saturated carbocycles. The molecule has 0 N–H and O–H groups in total. The molecular weight excluding hydrogens is 368 g/mol. The van der Waals surface area contributed by atoms with Crippen molar-refractivity contribution in [1.82, 2.24) is 0 Å². The van der Waals surface area contributed by atoms with Gasteiger partial charge < -0.3 is 4.43 Å². The first-order chi connectivity index (χ1) is 13.4. The predicted octanol–water partition coefficient (Wildman–Crippen LogP) is 8.37. The summed E-state index contributed by atoms with van der Waals surface area (Å²) >= 11 is 0. The van der Waals surface area contributed by atoms with Gasteiger partial charge in [-0.15, -0.1) is 0 Å². The lowest BCUT2D eigenvalue weighted by atomic mass is 9.45. The highest BCUT2D eigenvalue weighted by atomic mass is 28.4. The normalized spacial score (nSPS) is 46.9. The minimum atomic E-state index is -1.65. The van der Waals surface area contributed by atoms with Gasteiger partial charge in [0, 0.05) is 6.10 Å². The van der Waals surface area contributed by atoms with Gasteiger partial charge in [-0.25, -0.2) is 0 Å². The molecule has 29 heavy (non-hydrogen) atoms. The average Bonchev–Trinajstić information content (AvgIpc) is 2.97. The Morgan fingerprint density at radius 1 is 0.966 bits per heavy atom. The molecule has 0 aromatic rings. The van der Waals surface area contributed by atoms with Crippen LogP contribution in [0.25, 0.3) is 0 Å². The first-order valence-corrected chi connectivity index (χ1v) is 15.7. The van der Waals surface area contributed by atoms with E-state index in [0.717, 1.165) is 23.7 Å². The second kappa shape index (κ2) is 7.22. The van der Waals surface area contributed by atoms with E-state index in [-0.39, 0.29) is 0 Å². The topological polar surface area (TPSA) is 9.23 Å². The van der Waals surface area contributed by atoms with Crippen LogP contribution in [0.4, 0.5) is 0 Å². The lowest BCUT2D eigenvalue weighted by molar-refractivity contribution is -0.114. The summed E-state index contributed by atoms with van der Waals surface area (Å²) in [5, 5.41) is 0.326. The summed E-state index contributed by atoms with van der Waals surface area (Å²) in [5.74, 6) is 3.83. The Labute approximate surface area is 182 Å². The Hall–Kier alpha value is -0.0831. The van der Waals surface area contributed by atoms with Crippen LogP contribution >= 0.6 is 0 Å². The van der Waals surface area contributed by atoms with Gasteiger partial charge in [0.05, 0.1) is 0 Å². The molecule has 0 aromatic carbocycles. The van der Waals surface area contributed by atoms with Crippen molar-refractivity contribution in [2.75, 3.05) is 0 Å². The number of hydrogen-bond acceptors (Lipinski definition) is 1. The smallest absolute Gasteiger partial charge is 0.192 e. The van der Waals surface area contributed by atoms with Crippen LogP contribution in [-0.2, 0) is 4.43 Å². The molecule has 0 saturated heterocycles. The minimum Gasteiger partial charge on any atom is -0.414 e. The largest absolute Gasteiger partial charge is 0.414 e. The van der Waals surface area contributed by atoms with Crippen molar-refractivity contribution in [2.45, 2.75) is 124 Å². The molecule has 1 nitrogen and oxygen atoms in total. The average molecular weight is 417 g/mol. The highest BCUT2D eigenvalue weighted by Gasteiger charge is 2.59. The van der Waals surface area contributed by atoms with Crippen LogP contribution in [0.2, 0.25) is 18.1 Å². The van der Waals surface area contributed by atoms with Gasteiger partial charge in [0.2, 0.25) is 0 Å². The van der Waals surface area contributed by atoms with E-state index in [4.69, 9.17) is 4.43 Å². The van der Waals surface area contributed by atoms with Gasteiger partial charge >= 0.3 is 0 Å². The molecular formula is C27H48OSi. The van der Waals surface area contributed by atoms with E-state index in [0.29, 0.717) is 22.0 Å². The van der Waals surface area contributed by atoms with Crippen molar-refractivity contribution < 1.29 is 4.43 Å². The van der Waals surface area contributed by atoms with Crippen molar-refractivity contribution in [3.05, 3.63) is 11.6 Å². The van der Waals surface area contributed by atoms with Crippen molar-refractivity contribution >= 4 is 8.32 Å². The second-order valence-corrected chi connectivity index (χ2v) is 18.0. The summed E-state index contributed by atoms with van der Waals surface area (Å²) in [7, 11) is -1.65. The summed E-state index contributed by atoms with van der Waals surface area (Å²) in [6.45, 7) is 19.7. The van der Waals surface area contributed by atoms with Gasteiger partial charge in [-0.1, -0.05) is 46.3 Å². The highest BCUT2D eigenvalue weighted by molar-refractivity contribution is 6.74. The maximum absolute atomic E-state index is 6.92. The van der Waals surface area contributed by atoms with Crippen molar-refractivity contribution in [3.63, 3.8) is 0 Å². The third-order valence-corrected chi connectivity index (χ3v) is 15.6. The number of fused-ring (bicyclic) bond motifs is 5. The molecule has 7 atom stereocenters. The molecule has 0 bridgehead atoms. The van der Waals surface area contributed by atoms with E-state index in [1.807, 2.05) is 0 Å². The van der Waals surface area contributed by atoms with Crippen molar-refractivity contribution in [3.8, 4) is 0 Å². The van der Waals surface area contributed by atoms with Gasteiger partial charge in [0.15, 0.2) is 8.32 Å². The van der Waals surface area contributed by atoms with Crippen LogP contribution in [0.15, 0.2) is 11.6 Å². The molecule has 166 valence electrons. The van der Waals surface area contributed by atoms with Crippen LogP contribution < -0.4 is 0 Å². The Kier molecular flexibility index (Phi) is 5.51. The fraction of sp³-hybridized carbons (Fsp3) is 0.926. The fourth-order valence-corrected chi connectivity index (χ4v) is 9.64. The standard InChI is InChI=1S/C27H48OSi/c1-9-19-11-13-23-22-12-10-20-18-21(28-29(7,8)25(2,3)4)14-16-27(20,6)24(22)15-17-26(19,23)5/h9,20-24H,10-18H2,1-8H3/t20?,21-,22-,23-,24-,26+,27-/m0/s1. The number of rotatable bonds is 2. The molecule has 0 radical (unpaired) electrons. The Balaban J connectivity index is 1.49. The quantitative estimate of drug-likeness (QED) is 0.324. The fourth-order valence-electron chi connectivity index (χ4n) is 8.24. The summed E-state index contributed by atoms with van der Waals surface area (Å²) < 4.78 is 6.92. The summed E-state index contributed by atoms with van der Waals surface area (Å²) in [6, 6.07) is 0.